The fraction of sp³-hybridized carbons (Fsp3) is 0.429. The molecule has 0 spiro atoms. The smallest absolute Gasteiger partial charge is 0.255 e. The molecule has 4 rings (SSSR count). The van der Waals surface area contributed by atoms with E-state index in [1.54, 1.807) is 13.3 Å². The molecule has 2 N–H and O–H groups in total. The van der Waals surface area contributed by atoms with E-state index in [9.17, 15) is 4.79 Å². The molecule has 1 aromatic heterocycles. The number of hydrazine groups is 1. The first-order chi connectivity index (χ1) is 13.6. The van der Waals surface area contributed by atoms with E-state index in [1.807, 2.05) is 36.1 Å². The van der Waals surface area contributed by atoms with Crippen molar-refractivity contribution in [1.82, 2.24) is 25.6 Å². The second kappa shape index (κ2) is 8.26. The van der Waals surface area contributed by atoms with Crippen LogP contribution in [0.2, 0.25) is 0 Å². The maximum Gasteiger partial charge on any atom is 0.255 e. The SMILES string of the molecule is COc1ccc(C2CC(N3CCN(C(=O)c4ccc(C)nc4)CC3)NN2)cc1. The van der Waals surface area contributed by atoms with Gasteiger partial charge in [0.25, 0.3) is 5.91 Å². The number of methoxy groups -OCH3 is 1. The Labute approximate surface area is 165 Å². The van der Waals surface area contributed by atoms with E-state index < -0.39 is 0 Å². The lowest BCUT2D eigenvalue weighted by Gasteiger charge is -2.37. The number of nitrogens with zero attached hydrogens (tertiary/aromatic N) is 3. The predicted molar refractivity (Wildman–Crippen MR) is 107 cm³/mol. The van der Waals surface area contributed by atoms with Gasteiger partial charge in [0.2, 0.25) is 0 Å². The van der Waals surface area contributed by atoms with Crippen molar-refractivity contribution in [3.05, 3.63) is 59.4 Å². The molecule has 2 aliphatic heterocycles. The van der Waals surface area contributed by atoms with Crippen LogP contribution in [-0.4, -0.2) is 60.1 Å². The Kier molecular flexibility index (Phi) is 5.57. The summed E-state index contributed by atoms with van der Waals surface area (Å²) in [4.78, 5) is 21.2. The first-order valence-corrected chi connectivity index (χ1v) is 9.75. The third-order valence-corrected chi connectivity index (χ3v) is 5.60. The lowest BCUT2D eigenvalue weighted by Crippen LogP contribution is -2.55. The third-order valence-electron chi connectivity index (χ3n) is 5.60. The van der Waals surface area contributed by atoms with E-state index in [0.29, 0.717) is 5.56 Å². The van der Waals surface area contributed by atoms with Crippen LogP contribution in [0.1, 0.15) is 34.1 Å². The molecule has 2 aromatic rings. The summed E-state index contributed by atoms with van der Waals surface area (Å²) in [7, 11) is 1.68. The van der Waals surface area contributed by atoms with Crippen molar-refractivity contribution in [2.24, 2.45) is 0 Å². The average molecular weight is 381 g/mol. The first kappa shape index (κ1) is 18.9. The Hall–Kier alpha value is -2.48. The number of piperazine rings is 1. The Bertz CT molecular complexity index is 801. The zero-order chi connectivity index (χ0) is 19.5. The van der Waals surface area contributed by atoms with E-state index in [2.05, 4.69) is 32.9 Å². The summed E-state index contributed by atoms with van der Waals surface area (Å²) in [6.07, 6.45) is 2.93. The molecule has 0 radical (unpaired) electrons. The average Bonchev–Trinajstić information content (AvgIpc) is 3.24. The van der Waals surface area contributed by atoms with Gasteiger partial charge < -0.3 is 9.64 Å². The van der Waals surface area contributed by atoms with Gasteiger partial charge in [0, 0.05) is 44.1 Å². The Balaban J connectivity index is 1.30. The van der Waals surface area contributed by atoms with Crippen LogP contribution in [0.4, 0.5) is 0 Å². The van der Waals surface area contributed by atoms with Gasteiger partial charge in [-0.15, -0.1) is 0 Å². The Morgan fingerprint density at radius 3 is 2.46 bits per heavy atom. The molecule has 148 valence electrons. The Morgan fingerprint density at radius 2 is 1.82 bits per heavy atom. The molecule has 1 amide bonds. The molecule has 0 saturated carbocycles. The summed E-state index contributed by atoms with van der Waals surface area (Å²) in [5, 5.41) is 0. The first-order valence-electron chi connectivity index (χ1n) is 9.75. The lowest BCUT2D eigenvalue weighted by atomic mass is 10.0. The van der Waals surface area contributed by atoms with Crippen molar-refractivity contribution in [1.29, 1.82) is 0 Å². The van der Waals surface area contributed by atoms with Crippen molar-refractivity contribution in [2.75, 3.05) is 33.3 Å². The maximum atomic E-state index is 12.7. The number of hydrogen-bond acceptors (Lipinski definition) is 6. The highest BCUT2D eigenvalue weighted by atomic mass is 16.5. The van der Waals surface area contributed by atoms with Crippen molar-refractivity contribution >= 4 is 5.91 Å². The quantitative estimate of drug-likeness (QED) is 0.841. The van der Waals surface area contributed by atoms with E-state index in [0.717, 1.165) is 44.0 Å². The number of carbonyl (C=O) groups excluding carboxylic acids is 1. The van der Waals surface area contributed by atoms with E-state index in [4.69, 9.17) is 4.74 Å². The predicted octanol–water partition coefficient (Wildman–Crippen LogP) is 1.72. The third kappa shape index (κ3) is 4.01. The number of aromatic nitrogens is 1. The molecular weight excluding hydrogens is 354 g/mol. The van der Waals surface area contributed by atoms with Crippen LogP contribution in [0.5, 0.6) is 5.75 Å². The van der Waals surface area contributed by atoms with E-state index >= 15 is 0 Å². The molecule has 0 bridgehead atoms. The summed E-state index contributed by atoms with van der Waals surface area (Å²) in [5.74, 6) is 0.941. The van der Waals surface area contributed by atoms with Gasteiger partial charge in [0.1, 0.15) is 5.75 Å². The fourth-order valence-electron chi connectivity index (χ4n) is 3.85. The highest BCUT2D eigenvalue weighted by Crippen LogP contribution is 2.26. The normalized spacial score (nSPS) is 23.0. The minimum absolute atomic E-state index is 0.0702. The van der Waals surface area contributed by atoms with Gasteiger partial charge >= 0.3 is 0 Å². The van der Waals surface area contributed by atoms with Crippen molar-refractivity contribution < 1.29 is 9.53 Å². The molecule has 28 heavy (non-hydrogen) atoms. The van der Waals surface area contributed by atoms with Gasteiger partial charge in [-0.05, 0) is 43.2 Å². The largest absolute Gasteiger partial charge is 0.497 e. The van der Waals surface area contributed by atoms with Crippen LogP contribution in [0.25, 0.3) is 0 Å². The summed E-state index contributed by atoms with van der Waals surface area (Å²) in [5.41, 5.74) is 9.65. The van der Waals surface area contributed by atoms with Gasteiger partial charge in [0.15, 0.2) is 0 Å². The van der Waals surface area contributed by atoms with Crippen LogP contribution in [0, 0.1) is 6.92 Å². The molecule has 1 aromatic carbocycles. The van der Waals surface area contributed by atoms with Gasteiger partial charge in [-0.3, -0.25) is 14.7 Å². The number of aryl methyl sites for hydroxylation is 1. The number of amides is 1. The van der Waals surface area contributed by atoms with Crippen LogP contribution in [-0.2, 0) is 0 Å². The highest BCUT2D eigenvalue weighted by molar-refractivity contribution is 5.94. The minimum Gasteiger partial charge on any atom is -0.497 e. The number of benzene rings is 1. The van der Waals surface area contributed by atoms with Gasteiger partial charge in [-0.1, -0.05) is 12.1 Å². The van der Waals surface area contributed by atoms with Gasteiger partial charge in [0.05, 0.1) is 18.8 Å². The van der Waals surface area contributed by atoms with E-state index in [1.165, 1.54) is 5.56 Å². The zero-order valence-corrected chi connectivity index (χ0v) is 16.4. The molecule has 7 heteroatoms. The molecule has 2 saturated heterocycles. The summed E-state index contributed by atoms with van der Waals surface area (Å²) in [6.45, 7) is 5.12. The fourth-order valence-corrected chi connectivity index (χ4v) is 3.85. The monoisotopic (exact) mass is 381 g/mol. The molecule has 2 atom stereocenters. The van der Waals surface area contributed by atoms with E-state index in [-0.39, 0.29) is 18.1 Å². The molecule has 2 fully saturated rings. The number of ether oxygens (including phenoxy) is 1. The summed E-state index contributed by atoms with van der Waals surface area (Å²) < 4.78 is 5.23. The number of carbonyl (C=O) groups is 1. The second-order valence-corrected chi connectivity index (χ2v) is 7.38. The molecule has 0 aliphatic carbocycles. The summed E-state index contributed by atoms with van der Waals surface area (Å²) >= 11 is 0. The molecule has 2 unspecified atom stereocenters. The number of rotatable bonds is 4. The number of hydrogen-bond donors (Lipinski definition) is 2. The molecule has 7 nitrogen and oxygen atoms in total. The number of pyridine rings is 1. The minimum atomic E-state index is 0.0702. The standard InChI is InChI=1S/C21H27N5O2/c1-15-3-4-17(14-22-15)21(27)26-11-9-25(10-12-26)20-13-19(23-24-20)16-5-7-18(28-2)8-6-16/h3-8,14,19-20,23-24H,9-13H2,1-2H3. The highest BCUT2D eigenvalue weighted by Gasteiger charge is 2.32. The molecular formula is C21H27N5O2. The van der Waals surface area contributed by atoms with Crippen molar-refractivity contribution in [2.45, 2.75) is 25.6 Å². The van der Waals surface area contributed by atoms with Crippen LogP contribution in [0.3, 0.4) is 0 Å². The maximum absolute atomic E-state index is 12.7. The molecule has 3 heterocycles. The van der Waals surface area contributed by atoms with Crippen LogP contribution < -0.4 is 15.6 Å². The summed E-state index contributed by atoms with van der Waals surface area (Å²) in [6, 6.07) is 12.2. The van der Waals surface area contributed by atoms with Crippen LogP contribution in [0.15, 0.2) is 42.6 Å². The van der Waals surface area contributed by atoms with Crippen LogP contribution >= 0.6 is 0 Å². The number of nitrogens with one attached hydrogen (secondary N) is 2. The lowest BCUT2D eigenvalue weighted by molar-refractivity contribution is 0.0544. The molecule has 2 aliphatic rings. The zero-order valence-electron chi connectivity index (χ0n) is 16.4. The van der Waals surface area contributed by atoms with Gasteiger partial charge in [-0.2, -0.15) is 0 Å². The topological polar surface area (TPSA) is 69.7 Å². The van der Waals surface area contributed by atoms with Gasteiger partial charge in [-0.25, -0.2) is 10.9 Å². The van der Waals surface area contributed by atoms with Crippen molar-refractivity contribution in [3.63, 3.8) is 0 Å². The van der Waals surface area contributed by atoms with Crippen molar-refractivity contribution in [3.8, 4) is 5.75 Å². The second-order valence-electron chi connectivity index (χ2n) is 7.38. The Morgan fingerprint density at radius 1 is 1.07 bits per heavy atom.